The van der Waals surface area contributed by atoms with Crippen molar-refractivity contribution in [2.75, 3.05) is 42.9 Å². The number of benzene rings is 2. The Morgan fingerprint density at radius 2 is 1.69 bits per heavy atom. The Morgan fingerprint density at radius 1 is 0.966 bits per heavy atom. The quantitative estimate of drug-likeness (QED) is 0.673. The van der Waals surface area contributed by atoms with E-state index in [9.17, 15) is 4.79 Å². The third kappa shape index (κ3) is 4.63. The van der Waals surface area contributed by atoms with Gasteiger partial charge in [-0.05, 0) is 37.2 Å². The molecular weight excluding hydrogens is 364 g/mol. The second kappa shape index (κ2) is 8.87. The molecule has 1 saturated heterocycles. The molecule has 0 spiro atoms. The highest BCUT2D eigenvalue weighted by Gasteiger charge is 2.16. The van der Waals surface area contributed by atoms with Crippen molar-refractivity contribution in [3.8, 4) is 11.3 Å². The van der Waals surface area contributed by atoms with Crippen molar-refractivity contribution < 1.29 is 0 Å². The Bertz CT molecular complexity index is 978. The van der Waals surface area contributed by atoms with Gasteiger partial charge in [-0.15, -0.1) is 10.2 Å². The minimum absolute atomic E-state index is 0.268. The molecule has 150 valence electrons. The highest BCUT2D eigenvalue weighted by atomic mass is 16.1. The summed E-state index contributed by atoms with van der Waals surface area (Å²) < 4.78 is 0. The van der Waals surface area contributed by atoms with Crippen LogP contribution in [0.15, 0.2) is 59.4 Å². The van der Waals surface area contributed by atoms with Crippen LogP contribution in [-0.4, -0.2) is 52.8 Å². The number of anilines is 3. The summed E-state index contributed by atoms with van der Waals surface area (Å²) in [7, 11) is 0. The fourth-order valence-corrected chi connectivity index (χ4v) is 3.62. The zero-order valence-corrected chi connectivity index (χ0v) is 16.6. The van der Waals surface area contributed by atoms with Crippen LogP contribution >= 0.6 is 0 Å². The Balaban J connectivity index is 1.40. The van der Waals surface area contributed by atoms with Gasteiger partial charge in [0.15, 0.2) is 5.69 Å². The molecule has 4 rings (SSSR count). The Kier molecular flexibility index (Phi) is 5.86. The van der Waals surface area contributed by atoms with Gasteiger partial charge in [-0.25, -0.2) is 0 Å². The standard InChI is InChI=1S/C22H26N6O/c1-2-12-27-13-15-28(16-14-27)19-10-8-18(9-11-19)23-22-24-21(29)20(25-26-22)17-6-4-3-5-7-17/h3-11H,2,12-16H2,1H3,(H2,23,24,26,29). The van der Waals surface area contributed by atoms with Gasteiger partial charge in [0.25, 0.3) is 5.56 Å². The number of nitrogens with zero attached hydrogens (tertiary/aromatic N) is 4. The number of hydrogen-bond donors (Lipinski definition) is 2. The number of aromatic amines is 1. The first-order valence-electron chi connectivity index (χ1n) is 10.1. The minimum Gasteiger partial charge on any atom is -0.369 e. The molecule has 2 aromatic carbocycles. The fraction of sp³-hybridized carbons (Fsp3) is 0.318. The molecule has 7 nitrogen and oxygen atoms in total. The van der Waals surface area contributed by atoms with Gasteiger partial charge < -0.3 is 10.2 Å². The third-order valence-corrected chi connectivity index (χ3v) is 5.15. The van der Waals surface area contributed by atoms with E-state index in [0.717, 1.165) is 37.4 Å². The molecule has 3 aromatic rings. The van der Waals surface area contributed by atoms with Crippen LogP contribution in [0.25, 0.3) is 11.3 Å². The lowest BCUT2D eigenvalue weighted by Crippen LogP contribution is -2.46. The van der Waals surface area contributed by atoms with Crippen molar-refractivity contribution >= 4 is 17.3 Å². The number of rotatable bonds is 6. The maximum Gasteiger partial charge on any atom is 0.279 e. The summed E-state index contributed by atoms with van der Waals surface area (Å²) in [4.78, 5) is 20.0. The van der Waals surface area contributed by atoms with Crippen molar-refractivity contribution in [3.63, 3.8) is 0 Å². The lowest BCUT2D eigenvalue weighted by Gasteiger charge is -2.36. The normalized spacial score (nSPS) is 14.7. The van der Waals surface area contributed by atoms with Crippen LogP contribution in [0.4, 0.5) is 17.3 Å². The zero-order chi connectivity index (χ0) is 20.1. The molecule has 2 N–H and O–H groups in total. The molecule has 0 unspecified atom stereocenters. The largest absolute Gasteiger partial charge is 0.369 e. The van der Waals surface area contributed by atoms with Gasteiger partial charge in [0.05, 0.1) is 0 Å². The smallest absolute Gasteiger partial charge is 0.279 e. The van der Waals surface area contributed by atoms with Gasteiger partial charge in [-0.3, -0.25) is 14.7 Å². The zero-order valence-electron chi connectivity index (χ0n) is 16.6. The van der Waals surface area contributed by atoms with E-state index in [1.54, 1.807) is 0 Å². The van der Waals surface area contributed by atoms with Crippen LogP contribution in [0.5, 0.6) is 0 Å². The van der Waals surface area contributed by atoms with Crippen LogP contribution in [0.1, 0.15) is 13.3 Å². The van der Waals surface area contributed by atoms with E-state index >= 15 is 0 Å². The molecule has 1 fully saturated rings. The lowest BCUT2D eigenvalue weighted by atomic mass is 10.2. The molecule has 0 atom stereocenters. The first-order chi connectivity index (χ1) is 14.2. The second-order valence-corrected chi connectivity index (χ2v) is 7.22. The minimum atomic E-state index is -0.268. The van der Waals surface area contributed by atoms with Crippen LogP contribution in [0, 0.1) is 0 Å². The van der Waals surface area contributed by atoms with Crippen molar-refractivity contribution in [3.05, 3.63) is 65.0 Å². The summed E-state index contributed by atoms with van der Waals surface area (Å²) >= 11 is 0. The van der Waals surface area contributed by atoms with E-state index < -0.39 is 0 Å². The molecule has 7 heteroatoms. The number of aromatic nitrogens is 3. The summed E-state index contributed by atoms with van der Waals surface area (Å²) in [6, 6.07) is 17.5. The van der Waals surface area contributed by atoms with Crippen LogP contribution in [0.3, 0.4) is 0 Å². The topological polar surface area (TPSA) is 77.2 Å². The van der Waals surface area contributed by atoms with Gasteiger partial charge in [0.2, 0.25) is 5.95 Å². The van der Waals surface area contributed by atoms with Gasteiger partial charge >= 0.3 is 0 Å². The lowest BCUT2D eigenvalue weighted by molar-refractivity contribution is 0.258. The predicted molar refractivity (Wildman–Crippen MR) is 117 cm³/mol. The Hall–Kier alpha value is -3.19. The number of hydrogen-bond acceptors (Lipinski definition) is 6. The number of H-pyrrole nitrogens is 1. The van der Waals surface area contributed by atoms with Crippen LogP contribution in [-0.2, 0) is 0 Å². The highest BCUT2D eigenvalue weighted by Crippen LogP contribution is 2.21. The van der Waals surface area contributed by atoms with Crippen molar-refractivity contribution in [2.45, 2.75) is 13.3 Å². The molecule has 1 aromatic heterocycles. The molecule has 1 aliphatic heterocycles. The molecule has 0 bridgehead atoms. The van der Waals surface area contributed by atoms with Crippen LogP contribution < -0.4 is 15.8 Å². The van der Waals surface area contributed by atoms with Crippen molar-refractivity contribution in [1.82, 2.24) is 20.1 Å². The molecule has 1 aliphatic rings. The Morgan fingerprint density at radius 3 is 2.34 bits per heavy atom. The van der Waals surface area contributed by atoms with Gasteiger partial charge in [-0.2, -0.15) is 0 Å². The molecule has 0 aliphatic carbocycles. The number of piperazine rings is 1. The van der Waals surface area contributed by atoms with E-state index in [0.29, 0.717) is 11.6 Å². The monoisotopic (exact) mass is 390 g/mol. The first-order valence-corrected chi connectivity index (χ1v) is 10.1. The summed E-state index contributed by atoms with van der Waals surface area (Å²) in [6.07, 6.45) is 1.21. The van der Waals surface area contributed by atoms with Crippen LogP contribution in [0.2, 0.25) is 0 Å². The summed E-state index contributed by atoms with van der Waals surface area (Å²) in [5, 5.41) is 11.3. The molecule has 0 amide bonds. The molecule has 29 heavy (non-hydrogen) atoms. The highest BCUT2D eigenvalue weighted by molar-refractivity contribution is 5.61. The van der Waals surface area contributed by atoms with Gasteiger partial charge in [-0.1, -0.05) is 37.3 Å². The van der Waals surface area contributed by atoms with E-state index in [-0.39, 0.29) is 5.56 Å². The van der Waals surface area contributed by atoms with Gasteiger partial charge in [0.1, 0.15) is 0 Å². The van der Waals surface area contributed by atoms with E-state index in [1.165, 1.54) is 18.7 Å². The maximum absolute atomic E-state index is 12.4. The Labute approximate surface area is 170 Å². The summed E-state index contributed by atoms with van der Waals surface area (Å²) in [5.41, 5.74) is 2.86. The summed E-state index contributed by atoms with van der Waals surface area (Å²) in [6.45, 7) is 7.72. The predicted octanol–water partition coefficient (Wildman–Crippen LogP) is 3.11. The van der Waals surface area contributed by atoms with E-state index in [1.807, 2.05) is 42.5 Å². The molecule has 0 saturated carbocycles. The fourth-order valence-electron chi connectivity index (χ4n) is 3.62. The average molecular weight is 390 g/mol. The van der Waals surface area contributed by atoms with Crippen molar-refractivity contribution in [2.24, 2.45) is 0 Å². The van der Waals surface area contributed by atoms with Crippen molar-refractivity contribution in [1.29, 1.82) is 0 Å². The molecule has 2 heterocycles. The SMILES string of the molecule is CCCN1CCN(c2ccc(Nc3nnc(-c4ccccc4)c(=O)[nH]3)cc2)CC1. The number of nitrogens with one attached hydrogen (secondary N) is 2. The van der Waals surface area contributed by atoms with E-state index in [2.05, 4.69) is 49.4 Å². The maximum atomic E-state index is 12.4. The first kappa shape index (κ1) is 19.1. The average Bonchev–Trinajstić information content (AvgIpc) is 2.76. The third-order valence-electron chi connectivity index (χ3n) is 5.15. The van der Waals surface area contributed by atoms with E-state index in [4.69, 9.17) is 0 Å². The van der Waals surface area contributed by atoms with Gasteiger partial charge in [0, 0.05) is 43.1 Å². The second-order valence-electron chi connectivity index (χ2n) is 7.22. The molecular formula is C22H26N6O. The molecule has 0 radical (unpaired) electrons. The summed E-state index contributed by atoms with van der Waals surface area (Å²) in [5.74, 6) is 0.329.